The number of rotatable bonds is 6. The average molecular weight is 654 g/mol. The number of pyridine rings is 2. The van der Waals surface area contributed by atoms with Crippen LogP contribution in [0.1, 0.15) is 36.9 Å². The highest BCUT2D eigenvalue weighted by molar-refractivity contribution is 6.04. The van der Waals surface area contributed by atoms with Gasteiger partial charge in [-0.15, -0.1) is 6.42 Å². The summed E-state index contributed by atoms with van der Waals surface area (Å²) in [6.45, 7) is 2.48. The van der Waals surface area contributed by atoms with E-state index in [1.807, 2.05) is 17.9 Å². The number of anilines is 2. The molecule has 2 atom stereocenters. The first-order valence-electron chi connectivity index (χ1n) is 15.6. The number of nitrogens with two attached hydrogens (primary N) is 1. The van der Waals surface area contributed by atoms with Gasteiger partial charge in [-0.3, -0.25) is 4.90 Å². The molecule has 48 heavy (non-hydrogen) atoms. The molecule has 6 heterocycles. The second-order valence-corrected chi connectivity index (χ2v) is 12.6. The summed E-state index contributed by atoms with van der Waals surface area (Å²) >= 11 is 0. The minimum Gasteiger partial charge on any atom is -0.508 e. The molecule has 0 bridgehead atoms. The van der Waals surface area contributed by atoms with Crippen molar-refractivity contribution in [1.82, 2.24) is 24.8 Å². The first kappa shape index (κ1) is 30.0. The van der Waals surface area contributed by atoms with Gasteiger partial charge in [-0.05, 0) is 43.0 Å². The fourth-order valence-corrected chi connectivity index (χ4v) is 7.32. The Morgan fingerprint density at radius 1 is 1.15 bits per heavy atom. The molecule has 2 saturated heterocycles. The Kier molecular flexibility index (Phi) is 6.78. The van der Waals surface area contributed by atoms with Gasteiger partial charge in [-0.25, -0.2) is 23.1 Å². The molecular weight excluding hydrogens is 623 g/mol. The molecule has 244 valence electrons. The predicted molar refractivity (Wildman–Crippen MR) is 174 cm³/mol. The minimum absolute atomic E-state index is 0.0747. The van der Waals surface area contributed by atoms with Crippen LogP contribution in [0, 0.1) is 18.2 Å². The zero-order valence-corrected chi connectivity index (χ0v) is 25.9. The number of fused-ring (bicyclic) bond motifs is 2. The SMILES string of the molecule is C#Cc1cccc2cc(O)cc(-c3nc4c5c(nc(OCC67CCN6CC(F)(F)C7)nc5c3F)N([C@H](C)c3cccnc3N)CCO4)c12. The first-order chi connectivity index (χ1) is 23.1. The van der Waals surface area contributed by atoms with Crippen LogP contribution in [0.15, 0.2) is 48.7 Å². The maximum atomic E-state index is 17.0. The Balaban J connectivity index is 1.33. The third-order valence-corrected chi connectivity index (χ3v) is 9.71. The Hall–Kier alpha value is -5.35. The fourth-order valence-electron chi connectivity index (χ4n) is 7.32. The molecule has 0 amide bonds. The molecule has 3 N–H and O–H groups in total. The predicted octanol–water partition coefficient (Wildman–Crippen LogP) is 5.47. The van der Waals surface area contributed by atoms with Crippen LogP contribution < -0.4 is 20.1 Å². The second-order valence-electron chi connectivity index (χ2n) is 12.6. The maximum absolute atomic E-state index is 17.0. The van der Waals surface area contributed by atoms with E-state index in [-0.39, 0.29) is 71.8 Å². The normalized spacial score (nSPS) is 20.4. The Bertz CT molecular complexity index is 2170. The van der Waals surface area contributed by atoms with Gasteiger partial charge in [-0.1, -0.05) is 24.1 Å². The van der Waals surface area contributed by atoms with Crippen molar-refractivity contribution in [2.75, 3.05) is 43.5 Å². The third-order valence-electron chi connectivity index (χ3n) is 9.71. The Morgan fingerprint density at radius 3 is 2.75 bits per heavy atom. The second kappa shape index (κ2) is 10.8. The van der Waals surface area contributed by atoms with E-state index in [0.717, 1.165) is 0 Å². The summed E-state index contributed by atoms with van der Waals surface area (Å²) in [5.74, 6) is -0.453. The first-order valence-corrected chi connectivity index (χ1v) is 15.6. The zero-order chi connectivity index (χ0) is 33.4. The van der Waals surface area contributed by atoms with Crippen LogP contribution in [0.3, 0.4) is 0 Å². The van der Waals surface area contributed by atoms with Crippen molar-refractivity contribution < 1.29 is 27.8 Å². The van der Waals surface area contributed by atoms with Gasteiger partial charge in [0.2, 0.25) is 5.88 Å². The van der Waals surface area contributed by atoms with E-state index in [9.17, 15) is 13.9 Å². The van der Waals surface area contributed by atoms with Crippen molar-refractivity contribution >= 4 is 33.3 Å². The van der Waals surface area contributed by atoms with Crippen molar-refractivity contribution in [3.8, 4) is 41.2 Å². The molecule has 5 aromatic rings. The molecular formula is C35H30F3N7O3. The van der Waals surface area contributed by atoms with Crippen LogP contribution in [0.5, 0.6) is 17.6 Å². The van der Waals surface area contributed by atoms with Crippen LogP contribution in [0.25, 0.3) is 32.9 Å². The molecule has 3 aliphatic rings. The quantitative estimate of drug-likeness (QED) is 0.228. The number of nitrogen functional groups attached to an aromatic ring is 1. The molecule has 0 radical (unpaired) electrons. The van der Waals surface area contributed by atoms with Crippen molar-refractivity contribution in [2.24, 2.45) is 0 Å². The summed E-state index contributed by atoms with van der Waals surface area (Å²) < 4.78 is 58.1. The Labute approximate surface area is 273 Å². The van der Waals surface area contributed by atoms with Gasteiger partial charge in [-0.2, -0.15) is 9.97 Å². The third kappa shape index (κ3) is 4.70. The molecule has 0 aliphatic carbocycles. The van der Waals surface area contributed by atoms with Gasteiger partial charge >= 0.3 is 6.01 Å². The number of phenolic OH excluding ortho intramolecular Hbond substituents is 1. The van der Waals surface area contributed by atoms with Crippen LogP contribution in [-0.4, -0.2) is 74.3 Å². The molecule has 0 saturated carbocycles. The molecule has 8 rings (SSSR count). The average Bonchev–Trinajstić information content (AvgIpc) is 3.16. The lowest BCUT2D eigenvalue weighted by molar-refractivity contribution is -0.0132. The van der Waals surface area contributed by atoms with Crippen LogP contribution in [0.4, 0.5) is 24.8 Å². The number of alkyl halides is 2. The van der Waals surface area contributed by atoms with E-state index in [1.54, 1.807) is 35.4 Å². The highest BCUT2D eigenvalue weighted by atomic mass is 19.3. The number of nitrogens with zero attached hydrogens (tertiary/aromatic N) is 6. The lowest BCUT2D eigenvalue weighted by Crippen LogP contribution is -2.59. The number of ether oxygens (including phenoxy) is 2. The van der Waals surface area contributed by atoms with Crippen LogP contribution in [0.2, 0.25) is 0 Å². The molecule has 2 fully saturated rings. The highest BCUT2D eigenvalue weighted by Gasteiger charge is 2.60. The number of aromatic hydroxyl groups is 1. The summed E-state index contributed by atoms with van der Waals surface area (Å²) in [5, 5.41) is 12.0. The van der Waals surface area contributed by atoms with E-state index < -0.39 is 23.3 Å². The summed E-state index contributed by atoms with van der Waals surface area (Å²) in [6, 6.07) is 11.2. The van der Waals surface area contributed by atoms with Crippen LogP contribution in [-0.2, 0) is 0 Å². The number of aromatic nitrogens is 4. The molecule has 0 spiro atoms. The number of hydrogen-bond donors (Lipinski definition) is 2. The van der Waals surface area contributed by atoms with Crippen molar-refractivity contribution in [1.29, 1.82) is 0 Å². The van der Waals surface area contributed by atoms with Gasteiger partial charge in [0.15, 0.2) is 5.82 Å². The number of phenols is 1. The molecule has 3 aliphatic heterocycles. The van der Waals surface area contributed by atoms with E-state index in [2.05, 4.69) is 20.9 Å². The summed E-state index contributed by atoms with van der Waals surface area (Å²) in [6.07, 6.45) is 7.61. The summed E-state index contributed by atoms with van der Waals surface area (Å²) in [7, 11) is 0. The topological polar surface area (TPSA) is 123 Å². The summed E-state index contributed by atoms with van der Waals surface area (Å²) in [4.78, 5) is 21.7. The number of benzene rings is 2. The maximum Gasteiger partial charge on any atom is 0.319 e. The van der Waals surface area contributed by atoms with E-state index in [0.29, 0.717) is 47.2 Å². The van der Waals surface area contributed by atoms with Crippen molar-refractivity contribution in [2.45, 2.75) is 37.3 Å². The zero-order valence-electron chi connectivity index (χ0n) is 25.9. The molecule has 10 nitrogen and oxygen atoms in total. The molecule has 13 heteroatoms. The molecule has 2 aromatic carbocycles. The standard InChI is InChI=1S/C35H30F3N7O3/c1-3-20-6-4-7-21-14-22(46)15-24(25(20)21)28-27(36)29-26-31(43-33(42-29)48-18-34-9-11-44(34)17-35(37,38)16-34)45(12-13-47-32(26)41-28)19(2)23-8-5-10-40-30(23)39/h1,4-8,10,14-15,19,46H,9,11-13,16-18H2,2H3,(H2,39,40)/t19-,34?/m1/s1. The highest BCUT2D eigenvalue weighted by Crippen LogP contribution is 2.48. The number of hydrogen-bond acceptors (Lipinski definition) is 10. The van der Waals surface area contributed by atoms with E-state index in [4.69, 9.17) is 26.6 Å². The smallest absolute Gasteiger partial charge is 0.319 e. The van der Waals surface area contributed by atoms with Gasteiger partial charge in [0.1, 0.15) is 47.2 Å². The van der Waals surface area contributed by atoms with Gasteiger partial charge in [0, 0.05) is 41.2 Å². The van der Waals surface area contributed by atoms with Gasteiger partial charge in [0.05, 0.1) is 24.7 Å². The lowest BCUT2D eigenvalue weighted by atomic mass is 9.85. The van der Waals surface area contributed by atoms with Crippen molar-refractivity contribution in [3.05, 3.63) is 65.6 Å². The fraction of sp³-hybridized carbons (Fsp3) is 0.314. The molecule has 1 unspecified atom stereocenters. The van der Waals surface area contributed by atoms with Gasteiger partial charge in [0.25, 0.3) is 5.92 Å². The van der Waals surface area contributed by atoms with E-state index in [1.165, 1.54) is 12.1 Å². The number of halogens is 3. The van der Waals surface area contributed by atoms with E-state index >= 15 is 4.39 Å². The van der Waals surface area contributed by atoms with Gasteiger partial charge < -0.3 is 25.2 Å². The minimum atomic E-state index is -2.83. The molecule has 3 aromatic heterocycles. The Morgan fingerprint density at radius 2 is 2.00 bits per heavy atom. The van der Waals surface area contributed by atoms with Crippen molar-refractivity contribution in [3.63, 3.8) is 0 Å². The lowest BCUT2D eigenvalue weighted by Gasteiger charge is -2.46. The largest absolute Gasteiger partial charge is 0.508 e. The monoisotopic (exact) mass is 653 g/mol. The number of terminal acetylenes is 1. The summed E-state index contributed by atoms with van der Waals surface area (Å²) in [5.41, 5.74) is 6.55. The van der Waals surface area contributed by atoms with Crippen LogP contribution >= 0.6 is 0 Å².